The average Bonchev–Trinajstić information content (AvgIpc) is 2.80. The molecule has 0 radical (unpaired) electrons. The van der Waals surface area contributed by atoms with Crippen molar-refractivity contribution >= 4 is 11.6 Å². The summed E-state index contributed by atoms with van der Waals surface area (Å²) in [7, 11) is 1.60. The first-order chi connectivity index (χ1) is 8.15. The van der Waals surface area contributed by atoms with E-state index in [-0.39, 0.29) is 6.54 Å². The maximum Gasteiger partial charge on any atom is 0.208 e. The van der Waals surface area contributed by atoms with Crippen molar-refractivity contribution in [3.63, 3.8) is 0 Å². The second-order valence-corrected chi connectivity index (χ2v) is 4.03. The number of hydrogen-bond acceptors (Lipinski definition) is 4. The molecule has 0 spiro atoms. The minimum Gasteiger partial charge on any atom is -0.496 e. The topological polar surface area (TPSA) is 61.3 Å². The van der Waals surface area contributed by atoms with E-state index >= 15 is 0 Å². The fourth-order valence-corrected chi connectivity index (χ4v) is 1.71. The maximum absolute atomic E-state index is 6.09. The van der Waals surface area contributed by atoms with E-state index in [9.17, 15) is 0 Å². The monoisotopic (exact) mass is 252 g/mol. The Morgan fingerprint density at radius 2 is 2.24 bits per heavy atom. The molecule has 0 saturated carbocycles. The van der Waals surface area contributed by atoms with Gasteiger partial charge in [-0.1, -0.05) is 11.6 Å². The average molecular weight is 253 g/mol. The molecule has 90 valence electrons. The predicted molar refractivity (Wildman–Crippen MR) is 66.1 cm³/mol. The highest BCUT2D eigenvalue weighted by Gasteiger charge is 2.13. The first kappa shape index (κ1) is 12.0. The molecule has 0 aliphatic rings. The fraction of sp³-hybridized carbons (Fsp3) is 0.250. The molecule has 2 rings (SSSR count). The van der Waals surface area contributed by atoms with Gasteiger partial charge in [0, 0.05) is 5.02 Å². The molecular formula is C12H13ClN2O2. The van der Waals surface area contributed by atoms with Crippen LogP contribution >= 0.6 is 11.6 Å². The Bertz CT molecular complexity index is 537. The van der Waals surface area contributed by atoms with Crippen LogP contribution in [0.4, 0.5) is 0 Å². The number of oxazole rings is 1. The summed E-state index contributed by atoms with van der Waals surface area (Å²) >= 11 is 6.09. The van der Waals surface area contributed by atoms with E-state index < -0.39 is 0 Å². The van der Waals surface area contributed by atoms with Crippen LogP contribution in [0.2, 0.25) is 5.02 Å². The second-order valence-electron chi connectivity index (χ2n) is 3.62. The van der Waals surface area contributed by atoms with E-state index in [1.54, 1.807) is 19.4 Å². The Balaban J connectivity index is 2.53. The number of aryl methyl sites for hydroxylation is 1. The van der Waals surface area contributed by atoms with Crippen molar-refractivity contribution in [2.45, 2.75) is 13.5 Å². The van der Waals surface area contributed by atoms with E-state index in [0.717, 1.165) is 11.1 Å². The first-order valence-corrected chi connectivity index (χ1v) is 5.52. The molecule has 0 amide bonds. The van der Waals surface area contributed by atoms with Gasteiger partial charge in [-0.05, 0) is 24.6 Å². The molecule has 5 heteroatoms. The molecule has 0 unspecified atom stereocenters. The first-order valence-electron chi connectivity index (χ1n) is 5.15. The number of nitrogens with two attached hydrogens (primary N) is 1. The van der Waals surface area contributed by atoms with Crippen molar-refractivity contribution in [2.24, 2.45) is 5.73 Å². The molecule has 17 heavy (non-hydrogen) atoms. The molecule has 0 fully saturated rings. The third kappa shape index (κ3) is 2.28. The normalized spacial score (nSPS) is 10.6. The highest BCUT2D eigenvalue weighted by atomic mass is 35.5. The molecule has 2 N–H and O–H groups in total. The number of methoxy groups -OCH3 is 1. The van der Waals surface area contributed by atoms with E-state index in [4.69, 9.17) is 26.5 Å². The van der Waals surface area contributed by atoms with Gasteiger partial charge in [0.1, 0.15) is 5.75 Å². The lowest BCUT2D eigenvalue weighted by Gasteiger charge is -2.08. The van der Waals surface area contributed by atoms with Gasteiger partial charge in [0.25, 0.3) is 0 Å². The standard InChI is InChI=1S/C12H13ClN2O2/c1-7-3-10(16-2)8(4-9(7)13)11-6-15-12(5-14)17-11/h3-4,6H,5,14H2,1-2H3. The summed E-state index contributed by atoms with van der Waals surface area (Å²) in [5.41, 5.74) is 7.18. The summed E-state index contributed by atoms with van der Waals surface area (Å²) in [5.74, 6) is 1.79. The summed E-state index contributed by atoms with van der Waals surface area (Å²) in [6.45, 7) is 2.18. The van der Waals surface area contributed by atoms with Gasteiger partial charge in [-0.25, -0.2) is 4.98 Å². The van der Waals surface area contributed by atoms with Crippen molar-refractivity contribution in [1.82, 2.24) is 4.98 Å². The van der Waals surface area contributed by atoms with Crippen molar-refractivity contribution in [3.8, 4) is 17.1 Å². The Kier molecular flexibility index (Phi) is 3.36. The Morgan fingerprint density at radius 1 is 1.47 bits per heavy atom. The molecule has 1 aromatic carbocycles. The molecule has 0 atom stereocenters. The van der Waals surface area contributed by atoms with E-state index in [0.29, 0.717) is 22.4 Å². The van der Waals surface area contributed by atoms with E-state index in [1.165, 1.54) is 0 Å². The highest BCUT2D eigenvalue weighted by Crippen LogP contribution is 2.34. The summed E-state index contributed by atoms with van der Waals surface area (Å²) in [6.07, 6.45) is 1.62. The van der Waals surface area contributed by atoms with Gasteiger partial charge in [-0.3, -0.25) is 0 Å². The lowest BCUT2D eigenvalue weighted by atomic mass is 10.1. The van der Waals surface area contributed by atoms with E-state index in [2.05, 4.69) is 4.98 Å². The van der Waals surface area contributed by atoms with Crippen LogP contribution < -0.4 is 10.5 Å². The molecule has 4 nitrogen and oxygen atoms in total. The second kappa shape index (κ2) is 4.77. The van der Waals surface area contributed by atoms with Crippen molar-refractivity contribution < 1.29 is 9.15 Å². The molecule has 0 aliphatic carbocycles. The van der Waals surface area contributed by atoms with Crippen LogP contribution in [-0.4, -0.2) is 12.1 Å². The lowest BCUT2D eigenvalue weighted by molar-refractivity contribution is 0.413. The highest BCUT2D eigenvalue weighted by molar-refractivity contribution is 6.31. The number of benzene rings is 1. The van der Waals surface area contributed by atoms with Crippen LogP contribution in [0.15, 0.2) is 22.7 Å². The molecule has 2 aromatic rings. The van der Waals surface area contributed by atoms with Crippen LogP contribution in [0.5, 0.6) is 5.75 Å². The number of halogens is 1. The number of hydrogen-bond donors (Lipinski definition) is 1. The number of nitrogens with zero attached hydrogens (tertiary/aromatic N) is 1. The van der Waals surface area contributed by atoms with Gasteiger partial charge in [0.05, 0.1) is 25.4 Å². The predicted octanol–water partition coefficient (Wildman–Crippen LogP) is 2.77. The number of rotatable bonds is 3. The zero-order valence-electron chi connectivity index (χ0n) is 9.66. The van der Waals surface area contributed by atoms with Crippen LogP contribution in [0, 0.1) is 6.92 Å². The van der Waals surface area contributed by atoms with Gasteiger partial charge in [0.15, 0.2) is 5.76 Å². The van der Waals surface area contributed by atoms with Crippen LogP contribution in [0.1, 0.15) is 11.5 Å². The lowest BCUT2D eigenvalue weighted by Crippen LogP contribution is -1.95. The zero-order chi connectivity index (χ0) is 12.4. The molecule has 1 aromatic heterocycles. The summed E-state index contributed by atoms with van der Waals surface area (Å²) in [6, 6.07) is 3.67. The number of ether oxygens (including phenoxy) is 1. The molecule has 0 aliphatic heterocycles. The Labute approximate surface area is 104 Å². The minimum atomic E-state index is 0.266. The van der Waals surface area contributed by atoms with Crippen molar-refractivity contribution in [2.75, 3.05) is 7.11 Å². The Hall–Kier alpha value is -1.52. The largest absolute Gasteiger partial charge is 0.496 e. The van der Waals surface area contributed by atoms with Gasteiger partial charge in [-0.2, -0.15) is 0 Å². The van der Waals surface area contributed by atoms with E-state index in [1.807, 2.05) is 13.0 Å². The van der Waals surface area contributed by atoms with Crippen LogP contribution in [0.25, 0.3) is 11.3 Å². The minimum absolute atomic E-state index is 0.266. The fourth-order valence-electron chi connectivity index (χ4n) is 1.55. The van der Waals surface area contributed by atoms with Crippen molar-refractivity contribution in [1.29, 1.82) is 0 Å². The van der Waals surface area contributed by atoms with Crippen LogP contribution in [-0.2, 0) is 6.54 Å². The maximum atomic E-state index is 6.09. The summed E-state index contributed by atoms with van der Waals surface area (Å²) in [4.78, 5) is 4.05. The third-order valence-electron chi connectivity index (χ3n) is 2.47. The summed E-state index contributed by atoms with van der Waals surface area (Å²) < 4.78 is 10.8. The van der Waals surface area contributed by atoms with Gasteiger partial charge in [-0.15, -0.1) is 0 Å². The van der Waals surface area contributed by atoms with Gasteiger partial charge in [0.2, 0.25) is 5.89 Å². The smallest absolute Gasteiger partial charge is 0.208 e. The third-order valence-corrected chi connectivity index (χ3v) is 2.88. The Morgan fingerprint density at radius 3 is 2.82 bits per heavy atom. The van der Waals surface area contributed by atoms with Gasteiger partial charge < -0.3 is 14.9 Å². The SMILES string of the molecule is COc1cc(C)c(Cl)cc1-c1cnc(CN)o1. The molecule has 0 saturated heterocycles. The van der Waals surface area contributed by atoms with Crippen molar-refractivity contribution in [3.05, 3.63) is 34.8 Å². The molecule has 1 heterocycles. The van der Waals surface area contributed by atoms with Crippen LogP contribution in [0.3, 0.4) is 0 Å². The zero-order valence-corrected chi connectivity index (χ0v) is 10.4. The van der Waals surface area contributed by atoms with Gasteiger partial charge >= 0.3 is 0 Å². The quantitative estimate of drug-likeness (QED) is 0.912. The molecule has 0 bridgehead atoms. The number of aromatic nitrogens is 1. The molecular weight excluding hydrogens is 240 g/mol. The summed E-state index contributed by atoms with van der Waals surface area (Å²) in [5, 5.41) is 0.659.